The summed E-state index contributed by atoms with van der Waals surface area (Å²) in [7, 11) is 1.61. The Morgan fingerprint density at radius 1 is 0.906 bits per heavy atom. The molecule has 4 rings (SSSR count). The van der Waals surface area contributed by atoms with Crippen molar-refractivity contribution in [3.63, 3.8) is 0 Å². The summed E-state index contributed by atoms with van der Waals surface area (Å²) in [5.74, 6) is 2.20. The molecule has 0 radical (unpaired) electrons. The van der Waals surface area contributed by atoms with Crippen LogP contribution in [-0.4, -0.2) is 23.1 Å². The normalized spacial score (nSPS) is 11.2. The molecule has 0 saturated carbocycles. The van der Waals surface area contributed by atoms with E-state index in [0.29, 0.717) is 23.8 Å². The van der Waals surface area contributed by atoms with Crippen molar-refractivity contribution in [2.24, 2.45) is 10.9 Å². The minimum Gasteiger partial charge on any atom is -0.497 e. The van der Waals surface area contributed by atoms with E-state index in [9.17, 15) is 0 Å². The van der Waals surface area contributed by atoms with Crippen LogP contribution in [0.1, 0.15) is 17.0 Å². The molecule has 0 aliphatic carbocycles. The molecule has 1 heterocycles. The molecule has 0 atom stereocenters. The minimum absolute atomic E-state index is 0.0170. The third-order valence-electron chi connectivity index (χ3n) is 4.55. The molecule has 32 heavy (non-hydrogen) atoms. The van der Waals surface area contributed by atoms with E-state index in [1.165, 1.54) is 0 Å². The highest BCUT2D eigenvalue weighted by Gasteiger charge is 2.11. The lowest BCUT2D eigenvalue weighted by molar-refractivity contribution is 0.111. The lowest BCUT2D eigenvalue weighted by Gasteiger charge is -2.11. The Labute approximate surface area is 185 Å². The van der Waals surface area contributed by atoms with Crippen molar-refractivity contribution in [3.8, 4) is 23.0 Å². The number of amidine groups is 1. The molecule has 8 heteroatoms. The van der Waals surface area contributed by atoms with Gasteiger partial charge in [0.25, 0.3) is 5.89 Å². The molecule has 0 aliphatic heterocycles. The number of hydrogen-bond donors (Lipinski definition) is 1. The molecule has 1 aromatic heterocycles. The quantitative estimate of drug-likeness (QED) is 0.241. The monoisotopic (exact) mass is 430 g/mol. The maximum absolute atomic E-state index is 6.12. The van der Waals surface area contributed by atoms with Crippen molar-refractivity contribution in [2.75, 3.05) is 7.11 Å². The molecular weight excluding hydrogens is 408 g/mol. The Hall–Kier alpha value is -4.33. The van der Waals surface area contributed by atoms with E-state index in [2.05, 4.69) is 15.4 Å². The number of ether oxygens (including phenoxy) is 2. The molecule has 0 amide bonds. The molecule has 0 fully saturated rings. The number of hydrogen-bond acceptors (Lipinski definition) is 7. The van der Waals surface area contributed by atoms with E-state index < -0.39 is 0 Å². The second-order valence-corrected chi connectivity index (χ2v) is 6.75. The number of nitrogens with zero attached hydrogens (tertiary/aromatic N) is 3. The van der Waals surface area contributed by atoms with E-state index in [0.717, 1.165) is 16.9 Å². The van der Waals surface area contributed by atoms with Gasteiger partial charge in [0.2, 0.25) is 5.89 Å². The van der Waals surface area contributed by atoms with Gasteiger partial charge in [0.05, 0.1) is 12.7 Å². The molecule has 0 spiro atoms. The van der Waals surface area contributed by atoms with Gasteiger partial charge >= 0.3 is 0 Å². The zero-order valence-corrected chi connectivity index (χ0v) is 17.5. The molecule has 0 bridgehead atoms. The zero-order chi connectivity index (χ0) is 22.2. The number of aromatic nitrogens is 2. The predicted octanol–water partition coefficient (Wildman–Crippen LogP) is 4.16. The molecule has 8 nitrogen and oxygen atoms in total. The van der Waals surface area contributed by atoms with Crippen LogP contribution in [0.3, 0.4) is 0 Å². The molecule has 162 valence electrons. The summed E-state index contributed by atoms with van der Waals surface area (Å²) in [5, 5.41) is 12.0. The summed E-state index contributed by atoms with van der Waals surface area (Å²) >= 11 is 0. The van der Waals surface area contributed by atoms with Gasteiger partial charge in [-0.1, -0.05) is 47.6 Å². The summed E-state index contributed by atoms with van der Waals surface area (Å²) in [6.45, 7) is 0.402. The fourth-order valence-electron chi connectivity index (χ4n) is 2.91. The molecule has 0 saturated heterocycles. The largest absolute Gasteiger partial charge is 0.497 e. The van der Waals surface area contributed by atoms with Crippen LogP contribution in [0, 0.1) is 0 Å². The summed E-state index contributed by atoms with van der Waals surface area (Å²) in [5.41, 5.74) is 8.58. The van der Waals surface area contributed by atoms with Crippen molar-refractivity contribution in [3.05, 3.63) is 95.9 Å². The Balaban J connectivity index is 1.37. The molecule has 2 N–H and O–H groups in total. The van der Waals surface area contributed by atoms with Crippen molar-refractivity contribution in [1.82, 2.24) is 10.2 Å². The highest BCUT2D eigenvalue weighted by molar-refractivity contribution is 5.99. The van der Waals surface area contributed by atoms with Crippen molar-refractivity contribution >= 4 is 5.84 Å². The SMILES string of the molecule is COc1ccc(-c2nnc(CON=C(N)c3ccccc3OCc3ccccc3)o2)cc1. The third kappa shape index (κ3) is 5.23. The van der Waals surface area contributed by atoms with Gasteiger partial charge in [-0.2, -0.15) is 0 Å². The van der Waals surface area contributed by atoms with Gasteiger partial charge < -0.3 is 24.5 Å². The predicted molar refractivity (Wildman–Crippen MR) is 119 cm³/mol. The fraction of sp³-hybridized carbons (Fsp3) is 0.125. The average molecular weight is 430 g/mol. The highest BCUT2D eigenvalue weighted by atomic mass is 16.6. The maximum atomic E-state index is 6.12. The Morgan fingerprint density at radius 3 is 2.44 bits per heavy atom. The molecule has 0 unspecified atom stereocenters. The van der Waals surface area contributed by atoms with E-state index in [1.54, 1.807) is 7.11 Å². The first-order chi connectivity index (χ1) is 15.7. The lowest BCUT2D eigenvalue weighted by Crippen LogP contribution is -2.15. The van der Waals surface area contributed by atoms with Crippen LogP contribution >= 0.6 is 0 Å². The van der Waals surface area contributed by atoms with Gasteiger partial charge in [-0.05, 0) is 42.0 Å². The lowest BCUT2D eigenvalue weighted by atomic mass is 10.2. The van der Waals surface area contributed by atoms with Crippen LogP contribution in [-0.2, 0) is 18.1 Å². The highest BCUT2D eigenvalue weighted by Crippen LogP contribution is 2.22. The minimum atomic E-state index is -0.0170. The number of benzene rings is 3. The standard InChI is InChI=1S/C24H22N4O4/c1-29-19-13-11-18(12-14-19)24-27-26-22(32-24)16-31-28-23(25)20-9-5-6-10-21(20)30-15-17-7-3-2-4-8-17/h2-14H,15-16H2,1H3,(H2,25,28). The van der Waals surface area contributed by atoms with Gasteiger partial charge in [-0.25, -0.2) is 0 Å². The van der Waals surface area contributed by atoms with Crippen molar-refractivity contribution < 1.29 is 18.7 Å². The number of oxime groups is 1. The smallest absolute Gasteiger partial charge is 0.257 e. The topological polar surface area (TPSA) is 105 Å². The maximum Gasteiger partial charge on any atom is 0.257 e. The third-order valence-corrected chi connectivity index (χ3v) is 4.55. The second-order valence-electron chi connectivity index (χ2n) is 6.75. The molecule has 4 aromatic rings. The van der Waals surface area contributed by atoms with Gasteiger partial charge in [0.15, 0.2) is 12.4 Å². The van der Waals surface area contributed by atoms with Gasteiger partial charge in [0, 0.05) is 5.56 Å². The Bertz CT molecular complexity index is 1170. The van der Waals surface area contributed by atoms with Gasteiger partial charge in [-0.3, -0.25) is 0 Å². The van der Waals surface area contributed by atoms with Crippen LogP contribution in [0.5, 0.6) is 11.5 Å². The summed E-state index contributed by atoms with van der Waals surface area (Å²) < 4.78 is 16.7. The zero-order valence-electron chi connectivity index (χ0n) is 17.5. The first-order valence-corrected chi connectivity index (χ1v) is 9.91. The van der Waals surface area contributed by atoms with Crippen LogP contribution in [0.25, 0.3) is 11.5 Å². The van der Waals surface area contributed by atoms with Crippen LogP contribution in [0.2, 0.25) is 0 Å². The second kappa shape index (κ2) is 10.1. The number of methoxy groups -OCH3 is 1. The molecule has 0 aliphatic rings. The van der Waals surface area contributed by atoms with Gasteiger partial charge in [0.1, 0.15) is 18.1 Å². The van der Waals surface area contributed by atoms with Crippen LogP contribution in [0.4, 0.5) is 0 Å². The molecule has 3 aromatic carbocycles. The molecular formula is C24H22N4O4. The summed E-state index contributed by atoms with van der Waals surface area (Å²) in [6, 6.07) is 24.6. The number of rotatable bonds is 9. The summed E-state index contributed by atoms with van der Waals surface area (Å²) in [4.78, 5) is 5.33. The first kappa shape index (κ1) is 20.9. The van der Waals surface area contributed by atoms with Gasteiger partial charge in [-0.15, -0.1) is 10.2 Å². The van der Waals surface area contributed by atoms with E-state index >= 15 is 0 Å². The van der Waals surface area contributed by atoms with E-state index in [1.807, 2.05) is 78.9 Å². The number of para-hydroxylation sites is 1. The summed E-state index contributed by atoms with van der Waals surface area (Å²) in [6.07, 6.45) is 0. The number of nitrogens with two attached hydrogens (primary N) is 1. The van der Waals surface area contributed by atoms with E-state index in [-0.39, 0.29) is 18.3 Å². The average Bonchev–Trinajstić information content (AvgIpc) is 3.32. The first-order valence-electron chi connectivity index (χ1n) is 9.91. The fourth-order valence-corrected chi connectivity index (χ4v) is 2.91. The van der Waals surface area contributed by atoms with Crippen molar-refractivity contribution in [2.45, 2.75) is 13.2 Å². The van der Waals surface area contributed by atoms with Crippen LogP contribution in [0.15, 0.2) is 88.4 Å². The Kier molecular flexibility index (Phi) is 6.62. The van der Waals surface area contributed by atoms with E-state index in [4.69, 9.17) is 24.5 Å². The Morgan fingerprint density at radius 2 is 1.66 bits per heavy atom. The van der Waals surface area contributed by atoms with Crippen molar-refractivity contribution in [1.29, 1.82) is 0 Å². The van der Waals surface area contributed by atoms with Crippen LogP contribution < -0.4 is 15.2 Å².